The standard InChI is InChI=1S/C7H12INO2/c8-6-1-3-9(4-2-6)7(11)5-10/h6,10H,1-5H2. The molecular weight excluding hydrogens is 257 g/mol. The van der Waals surface area contributed by atoms with Crippen LogP contribution in [0.2, 0.25) is 0 Å². The molecule has 1 N–H and O–H groups in total. The SMILES string of the molecule is O=C(CO)N1CCC(I)CC1. The van der Waals surface area contributed by atoms with Gasteiger partial charge in [0.05, 0.1) is 0 Å². The second-order valence-electron chi connectivity index (χ2n) is 2.71. The molecule has 0 radical (unpaired) electrons. The number of piperidine rings is 1. The molecule has 3 nitrogen and oxygen atoms in total. The van der Waals surface area contributed by atoms with Crippen LogP contribution in [-0.4, -0.2) is 39.5 Å². The van der Waals surface area contributed by atoms with Crippen molar-refractivity contribution in [3.05, 3.63) is 0 Å². The van der Waals surface area contributed by atoms with E-state index in [1.165, 1.54) is 0 Å². The van der Waals surface area contributed by atoms with Crippen LogP contribution in [0.5, 0.6) is 0 Å². The number of aliphatic hydroxyl groups is 1. The summed E-state index contributed by atoms with van der Waals surface area (Å²) in [6.45, 7) is 1.28. The predicted molar refractivity (Wildman–Crippen MR) is 50.7 cm³/mol. The maximum atomic E-state index is 10.9. The number of halogens is 1. The fourth-order valence-electron chi connectivity index (χ4n) is 1.20. The van der Waals surface area contributed by atoms with E-state index in [0.717, 1.165) is 25.9 Å². The number of likely N-dealkylation sites (tertiary alicyclic amines) is 1. The number of aliphatic hydroxyl groups excluding tert-OH is 1. The number of alkyl halides is 1. The third-order valence-electron chi connectivity index (χ3n) is 1.91. The summed E-state index contributed by atoms with van der Waals surface area (Å²) in [7, 11) is 0. The first-order valence-corrected chi connectivity index (χ1v) is 5.01. The first-order valence-electron chi connectivity index (χ1n) is 3.76. The zero-order chi connectivity index (χ0) is 8.27. The van der Waals surface area contributed by atoms with Crippen LogP contribution >= 0.6 is 22.6 Å². The fraction of sp³-hybridized carbons (Fsp3) is 0.857. The van der Waals surface area contributed by atoms with Crippen molar-refractivity contribution in [3.8, 4) is 0 Å². The van der Waals surface area contributed by atoms with Crippen LogP contribution in [0.15, 0.2) is 0 Å². The molecule has 0 aromatic heterocycles. The minimum Gasteiger partial charge on any atom is -0.387 e. The Bertz CT molecular complexity index is 143. The lowest BCUT2D eigenvalue weighted by Crippen LogP contribution is -2.40. The molecule has 0 atom stereocenters. The number of rotatable bonds is 1. The molecule has 1 amide bonds. The number of hydrogen-bond donors (Lipinski definition) is 1. The van der Waals surface area contributed by atoms with Gasteiger partial charge in [0.1, 0.15) is 6.61 Å². The molecule has 0 aromatic carbocycles. The van der Waals surface area contributed by atoms with Gasteiger partial charge in [-0.15, -0.1) is 0 Å². The molecule has 0 spiro atoms. The Morgan fingerprint density at radius 1 is 1.55 bits per heavy atom. The fourth-order valence-corrected chi connectivity index (χ4v) is 1.75. The summed E-state index contributed by atoms with van der Waals surface area (Å²) in [4.78, 5) is 12.7. The number of amides is 1. The molecule has 1 saturated heterocycles. The first-order chi connectivity index (χ1) is 5.24. The second kappa shape index (κ2) is 4.25. The molecule has 0 saturated carbocycles. The van der Waals surface area contributed by atoms with E-state index in [2.05, 4.69) is 22.6 Å². The van der Waals surface area contributed by atoms with Gasteiger partial charge in [0, 0.05) is 17.0 Å². The van der Waals surface area contributed by atoms with Gasteiger partial charge in [-0.05, 0) is 12.8 Å². The number of carbonyl (C=O) groups is 1. The number of nitrogens with zero attached hydrogens (tertiary/aromatic N) is 1. The smallest absolute Gasteiger partial charge is 0.248 e. The van der Waals surface area contributed by atoms with Crippen molar-refractivity contribution in [2.45, 2.75) is 16.8 Å². The van der Waals surface area contributed by atoms with Gasteiger partial charge < -0.3 is 10.0 Å². The van der Waals surface area contributed by atoms with Gasteiger partial charge in [-0.2, -0.15) is 0 Å². The van der Waals surface area contributed by atoms with Crippen LogP contribution in [0.3, 0.4) is 0 Å². The molecule has 11 heavy (non-hydrogen) atoms. The molecular formula is C7H12INO2. The third kappa shape index (κ3) is 2.59. The molecule has 1 aliphatic rings. The summed E-state index contributed by atoms with van der Waals surface area (Å²) >= 11 is 2.40. The van der Waals surface area contributed by atoms with E-state index >= 15 is 0 Å². The van der Waals surface area contributed by atoms with Gasteiger partial charge in [0.15, 0.2) is 0 Å². The highest BCUT2D eigenvalue weighted by molar-refractivity contribution is 14.1. The lowest BCUT2D eigenvalue weighted by molar-refractivity contribution is -0.134. The molecule has 0 bridgehead atoms. The highest BCUT2D eigenvalue weighted by atomic mass is 127. The Hall–Kier alpha value is 0.160. The molecule has 64 valence electrons. The van der Waals surface area contributed by atoms with Crippen LogP contribution in [-0.2, 0) is 4.79 Å². The zero-order valence-electron chi connectivity index (χ0n) is 6.29. The minimum atomic E-state index is -0.341. The lowest BCUT2D eigenvalue weighted by atomic mass is 10.1. The van der Waals surface area contributed by atoms with Crippen LogP contribution in [0.1, 0.15) is 12.8 Å². The Morgan fingerprint density at radius 2 is 2.09 bits per heavy atom. The molecule has 1 heterocycles. The largest absolute Gasteiger partial charge is 0.387 e. The highest BCUT2D eigenvalue weighted by Crippen LogP contribution is 2.17. The molecule has 1 fully saturated rings. The van der Waals surface area contributed by atoms with E-state index in [1.54, 1.807) is 4.90 Å². The molecule has 0 aliphatic carbocycles. The van der Waals surface area contributed by atoms with E-state index < -0.39 is 0 Å². The van der Waals surface area contributed by atoms with Crippen LogP contribution in [0.4, 0.5) is 0 Å². The summed E-state index contributed by atoms with van der Waals surface area (Å²) in [6.07, 6.45) is 2.12. The van der Waals surface area contributed by atoms with Gasteiger partial charge >= 0.3 is 0 Å². The zero-order valence-corrected chi connectivity index (χ0v) is 8.45. The summed E-state index contributed by atoms with van der Waals surface area (Å²) in [5.74, 6) is -0.131. The van der Waals surface area contributed by atoms with Crippen molar-refractivity contribution in [2.24, 2.45) is 0 Å². The molecule has 0 aromatic rings. The van der Waals surface area contributed by atoms with Gasteiger partial charge in [-0.25, -0.2) is 0 Å². The topological polar surface area (TPSA) is 40.5 Å². The van der Waals surface area contributed by atoms with Crippen molar-refractivity contribution >= 4 is 28.5 Å². The van der Waals surface area contributed by atoms with E-state index in [0.29, 0.717) is 3.92 Å². The summed E-state index contributed by atoms with van der Waals surface area (Å²) in [5, 5.41) is 8.56. The maximum absolute atomic E-state index is 10.9. The number of hydrogen-bond acceptors (Lipinski definition) is 2. The third-order valence-corrected chi connectivity index (χ3v) is 3.16. The summed E-state index contributed by atoms with van der Waals surface area (Å²) < 4.78 is 0.704. The van der Waals surface area contributed by atoms with E-state index in [1.807, 2.05) is 0 Å². The number of carbonyl (C=O) groups excluding carboxylic acids is 1. The van der Waals surface area contributed by atoms with Crippen LogP contribution < -0.4 is 0 Å². The van der Waals surface area contributed by atoms with E-state index in [-0.39, 0.29) is 12.5 Å². The predicted octanol–water partition coefficient (Wildman–Crippen LogP) is 0.405. The van der Waals surface area contributed by atoms with E-state index in [9.17, 15) is 4.79 Å². The highest BCUT2D eigenvalue weighted by Gasteiger charge is 2.19. The molecule has 1 aliphatic heterocycles. The first kappa shape index (κ1) is 9.25. The Kier molecular flexibility index (Phi) is 3.58. The Balaban J connectivity index is 2.33. The average Bonchev–Trinajstić information content (AvgIpc) is 2.05. The summed E-state index contributed by atoms with van der Waals surface area (Å²) in [6, 6.07) is 0. The van der Waals surface area contributed by atoms with Gasteiger partial charge in [0.25, 0.3) is 0 Å². The van der Waals surface area contributed by atoms with Crippen molar-refractivity contribution < 1.29 is 9.90 Å². The van der Waals surface area contributed by atoms with Gasteiger partial charge in [-0.1, -0.05) is 22.6 Å². The van der Waals surface area contributed by atoms with Crippen molar-refractivity contribution in [3.63, 3.8) is 0 Å². The quantitative estimate of drug-likeness (QED) is 0.553. The lowest BCUT2D eigenvalue weighted by Gasteiger charge is -2.28. The summed E-state index contributed by atoms with van der Waals surface area (Å²) in [5.41, 5.74) is 0. The minimum absolute atomic E-state index is 0.131. The Labute approximate surface area is 79.9 Å². The molecule has 1 rings (SSSR count). The normalized spacial score (nSPS) is 20.4. The maximum Gasteiger partial charge on any atom is 0.248 e. The second-order valence-corrected chi connectivity index (χ2v) is 4.48. The van der Waals surface area contributed by atoms with Crippen LogP contribution in [0, 0.1) is 0 Å². The Morgan fingerprint density at radius 3 is 2.55 bits per heavy atom. The molecule has 4 heteroatoms. The van der Waals surface area contributed by atoms with Crippen molar-refractivity contribution in [1.82, 2.24) is 4.90 Å². The molecule has 0 unspecified atom stereocenters. The van der Waals surface area contributed by atoms with Gasteiger partial charge in [-0.3, -0.25) is 4.79 Å². The monoisotopic (exact) mass is 269 g/mol. The van der Waals surface area contributed by atoms with E-state index in [4.69, 9.17) is 5.11 Å². The van der Waals surface area contributed by atoms with Crippen LogP contribution in [0.25, 0.3) is 0 Å². The van der Waals surface area contributed by atoms with Crippen molar-refractivity contribution in [1.29, 1.82) is 0 Å². The van der Waals surface area contributed by atoms with Crippen molar-refractivity contribution in [2.75, 3.05) is 19.7 Å². The average molecular weight is 269 g/mol. The van der Waals surface area contributed by atoms with Gasteiger partial charge in [0.2, 0.25) is 5.91 Å².